The summed E-state index contributed by atoms with van der Waals surface area (Å²) in [6, 6.07) is -1.00. The summed E-state index contributed by atoms with van der Waals surface area (Å²) in [4.78, 5) is 65.6. The van der Waals surface area contributed by atoms with Crippen molar-refractivity contribution >= 4 is 51.3 Å². The zero-order valence-electron chi connectivity index (χ0n) is 20.1. The number of hydrogen-bond acceptors (Lipinski definition) is 9. The van der Waals surface area contributed by atoms with Crippen LogP contribution in [0.3, 0.4) is 0 Å². The number of carbonyl (C=O) groups excluding carboxylic acids is 5. The number of thiophene rings is 1. The van der Waals surface area contributed by atoms with Crippen LogP contribution in [0, 0.1) is 0 Å². The minimum Gasteiger partial charge on any atom is -0.731 e. The summed E-state index contributed by atoms with van der Waals surface area (Å²) in [6.07, 6.45) is 2.58. The summed E-state index contributed by atoms with van der Waals surface area (Å²) in [5.41, 5.74) is 0. The number of hydrogen-bond donors (Lipinski definition) is 2. The molecule has 2 fully saturated rings. The third-order valence-electron chi connectivity index (χ3n) is 5.70. The number of rotatable bonds is 9. The predicted octanol–water partition coefficient (Wildman–Crippen LogP) is -3.46. The van der Waals surface area contributed by atoms with Crippen LogP contribution in [-0.4, -0.2) is 88.5 Å². The van der Waals surface area contributed by atoms with Crippen molar-refractivity contribution in [2.45, 2.75) is 51.2 Å². The van der Waals surface area contributed by atoms with E-state index in [0.717, 1.165) is 35.5 Å². The SMILES string of the molecule is CCCCCN1CC(C)N(C(=O)NC(C(=O)NC2CN(S(=O)(=O)[O-])C2=O)c2cccs2)C(=O)C1=O.[Na+]. The van der Waals surface area contributed by atoms with Crippen molar-refractivity contribution in [3.63, 3.8) is 0 Å². The molecular formula is C20H26N5NaO8S2. The summed E-state index contributed by atoms with van der Waals surface area (Å²) >= 11 is 1.12. The Labute approximate surface area is 234 Å². The summed E-state index contributed by atoms with van der Waals surface area (Å²) in [5, 5.41) is 6.40. The molecule has 1 aromatic heterocycles. The molecule has 0 aliphatic carbocycles. The molecule has 6 amide bonds. The molecule has 13 nitrogen and oxygen atoms in total. The predicted molar refractivity (Wildman–Crippen MR) is 121 cm³/mol. The second kappa shape index (κ2) is 12.5. The van der Waals surface area contributed by atoms with Crippen molar-refractivity contribution in [3.05, 3.63) is 22.4 Å². The van der Waals surface area contributed by atoms with Crippen molar-refractivity contribution in [1.82, 2.24) is 24.7 Å². The molecule has 36 heavy (non-hydrogen) atoms. The fraction of sp³-hybridized carbons (Fsp3) is 0.550. The Hall–Kier alpha value is -2.04. The van der Waals surface area contributed by atoms with Gasteiger partial charge in [0, 0.05) is 18.0 Å². The Morgan fingerprint density at radius 3 is 2.44 bits per heavy atom. The second-order valence-electron chi connectivity index (χ2n) is 8.27. The Morgan fingerprint density at radius 2 is 1.89 bits per heavy atom. The van der Waals surface area contributed by atoms with Crippen molar-refractivity contribution in [2.24, 2.45) is 0 Å². The number of carbonyl (C=O) groups is 5. The number of amides is 6. The number of unbranched alkanes of at least 4 members (excludes halogenated alkanes) is 2. The molecular weight excluding hydrogens is 525 g/mol. The first-order chi connectivity index (χ1) is 16.5. The molecule has 0 saturated carbocycles. The summed E-state index contributed by atoms with van der Waals surface area (Å²) < 4.78 is 33.1. The maximum Gasteiger partial charge on any atom is 1.00 e. The number of β-lactam (4-membered cyclic amide) rings is 1. The van der Waals surface area contributed by atoms with E-state index in [1.165, 1.54) is 4.90 Å². The van der Waals surface area contributed by atoms with Gasteiger partial charge in [-0.25, -0.2) is 17.5 Å². The van der Waals surface area contributed by atoms with Gasteiger partial charge in [-0.3, -0.25) is 24.1 Å². The molecule has 1 aromatic rings. The Bertz CT molecular complexity index is 1110. The summed E-state index contributed by atoms with van der Waals surface area (Å²) in [5.74, 6) is -3.73. The average molecular weight is 552 g/mol. The van der Waals surface area contributed by atoms with E-state index in [1.54, 1.807) is 24.4 Å². The average Bonchev–Trinajstić information content (AvgIpc) is 3.31. The van der Waals surface area contributed by atoms with E-state index in [-0.39, 0.29) is 40.4 Å². The third-order valence-corrected chi connectivity index (χ3v) is 7.51. The zero-order valence-corrected chi connectivity index (χ0v) is 23.8. The molecule has 2 N–H and O–H groups in total. The first-order valence-corrected chi connectivity index (χ1v) is 13.2. The molecule has 3 unspecified atom stereocenters. The van der Waals surface area contributed by atoms with Crippen molar-refractivity contribution in [1.29, 1.82) is 0 Å². The molecule has 16 heteroatoms. The quantitative estimate of drug-likeness (QED) is 0.105. The largest absolute Gasteiger partial charge is 1.00 e. The van der Waals surface area contributed by atoms with Crippen LogP contribution in [0.2, 0.25) is 0 Å². The fourth-order valence-corrected chi connectivity index (χ4v) is 5.29. The summed E-state index contributed by atoms with van der Waals surface area (Å²) in [6.45, 7) is 3.67. The van der Waals surface area contributed by atoms with Gasteiger partial charge in [-0.1, -0.05) is 25.8 Å². The van der Waals surface area contributed by atoms with E-state index < -0.39 is 64.6 Å². The van der Waals surface area contributed by atoms with Crippen LogP contribution in [0.25, 0.3) is 0 Å². The number of urea groups is 1. The third kappa shape index (κ3) is 6.63. The van der Waals surface area contributed by atoms with Gasteiger partial charge in [-0.05, 0) is 24.8 Å². The molecule has 2 aliphatic rings. The molecule has 0 bridgehead atoms. The van der Waals surface area contributed by atoms with Crippen LogP contribution in [0.1, 0.15) is 44.0 Å². The van der Waals surface area contributed by atoms with Crippen LogP contribution in [0.5, 0.6) is 0 Å². The van der Waals surface area contributed by atoms with Gasteiger partial charge in [0.15, 0.2) is 10.3 Å². The van der Waals surface area contributed by atoms with Crippen LogP contribution < -0.4 is 40.2 Å². The van der Waals surface area contributed by atoms with E-state index in [4.69, 9.17) is 0 Å². The normalized spacial score (nSPS) is 21.0. The van der Waals surface area contributed by atoms with E-state index in [2.05, 4.69) is 10.6 Å². The monoisotopic (exact) mass is 551 g/mol. The first kappa shape index (κ1) is 30.2. The van der Waals surface area contributed by atoms with Gasteiger partial charge in [-0.2, -0.15) is 0 Å². The van der Waals surface area contributed by atoms with Gasteiger partial charge in [0.2, 0.25) is 5.91 Å². The fourth-order valence-electron chi connectivity index (χ4n) is 3.83. The van der Waals surface area contributed by atoms with Crippen molar-refractivity contribution < 1.29 is 66.5 Å². The van der Waals surface area contributed by atoms with Gasteiger partial charge in [0.1, 0.15) is 12.1 Å². The van der Waals surface area contributed by atoms with Gasteiger partial charge >= 0.3 is 47.4 Å². The van der Waals surface area contributed by atoms with Crippen molar-refractivity contribution in [3.8, 4) is 0 Å². The molecule has 0 spiro atoms. The van der Waals surface area contributed by atoms with Gasteiger partial charge in [0.05, 0.1) is 12.6 Å². The van der Waals surface area contributed by atoms with Gasteiger partial charge in [0.25, 0.3) is 5.91 Å². The first-order valence-electron chi connectivity index (χ1n) is 11.0. The number of nitrogens with one attached hydrogen (secondary N) is 2. The van der Waals surface area contributed by atoms with Crippen LogP contribution in [0.15, 0.2) is 17.5 Å². The topological polar surface area (TPSA) is 176 Å². The summed E-state index contributed by atoms with van der Waals surface area (Å²) in [7, 11) is -4.98. The van der Waals surface area contributed by atoms with Crippen LogP contribution in [-0.2, 0) is 29.5 Å². The maximum atomic E-state index is 13.0. The minimum absolute atomic E-state index is 0. The van der Waals surface area contributed by atoms with E-state index in [0.29, 0.717) is 11.4 Å². The molecule has 0 radical (unpaired) electrons. The standard InChI is InChI=1S/C20H27N5O8S2.Na/c1-3-4-5-8-23-10-12(2)25(19(29)18(23)28)20(30)22-15(14-7-6-9-34-14)16(26)21-13-11-24(17(13)27)35(31,32)33;/h6-7,9,12-13,15H,3-5,8,10-11H2,1-2H3,(H,21,26)(H,22,30)(H,31,32,33);/q;+1/p-1. The number of imide groups is 1. The van der Waals surface area contributed by atoms with Crippen LogP contribution >= 0.6 is 11.3 Å². The molecule has 2 aliphatic heterocycles. The Balaban J connectivity index is 0.00000456. The second-order valence-corrected chi connectivity index (χ2v) is 10.5. The number of piperazine rings is 1. The maximum absolute atomic E-state index is 13.0. The van der Waals surface area contributed by atoms with Gasteiger partial charge < -0.3 is 20.1 Å². The molecule has 0 aromatic carbocycles. The molecule has 2 saturated heterocycles. The van der Waals surface area contributed by atoms with E-state index in [9.17, 15) is 36.9 Å². The molecule has 3 heterocycles. The zero-order chi connectivity index (χ0) is 25.9. The number of nitrogens with zero attached hydrogens (tertiary/aromatic N) is 3. The Morgan fingerprint density at radius 1 is 1.19 bits per heavy atom. The minimum atomic E-state index is -4.98. The smallest absolute Gasteiger partial charge is 0.731 e. The van der Waals surface area contributed by atoms with Crippen molar-refractivity contribution in [2.75, 3.05) is 19.6 Å². The van der Waals surface area contributed by atoms with Crippen LogP contribution in [0.4, 0.5) is 4.79 Å². The molecule has 192 valence electrons. The molecule has 3 rings (SSSR count). The van der Waals surface area contributed by atoms with E-state index >= 15 is 0 Å². The molecule has 3 atom stereocenters. The van der Waals surface area contributed by atoms with E-state index in [1.807, 2.05) is 6.92 Å². The van der Waals surface area contributed by atoms with Gasteiger partial charge in [-0.15, -0.1) is 11.3 Å². The Kier molecular flexibility index (Phi) is 10.5.